The first kappa shape index (κ1) is 30.1. The lowest BCUT2D eigenvalue weighted by atomic mass is 10.0. The summed E-state index contributed by atoms with van der Waals surface area (Å²) in [7, 11) is 0. The summed E-state index contributed by atoms with van der Waals surface area (Å²) in [6, 6.07) is 13.7. The second-order valence-corrected chi connectivity index (χ2v) is 11.7. The predicted octanol–water partition coefficient (Wildman–Crippen LogP) is 3.60. The van der Waals surface area contributed by atoms with Gasteiger partial charge in [-0.1, -0.05) is 18.5 Å². The summed E-state index contributed by atoms with van der Waals surface area (Å²) in [4.78, 5) is 54.2. The molecule has 3 aliphatic heterocycles. The number of hydrogen-bond acceptors (Lipinski definition) is 8. The van der Waals surface area contributed by atoms with Crippen LogP contribution in [0, 0.1) is 11.3 Å². The number of ether oxygens (including phenoxy) is 1. The summed E-state index contributed by atoms with van der Waals surface area (Å²) >= 11 is 6.12. The van der Waals surface area contributed by atoms with Crippen LogP contribution in [0.3, 0.4) is 0 Å². The van der Waals surface area contributed by atoms with Crippen molar-refractivity contribution < 1.29 is 19.1 Å². The van der Waals surface area contributed by atoms with E-state index in [0.29, 0.717) is 78.3 Å². The van der Waals surface area contributed by atoms with E-state index in [1.165, 1.54) is 0 Å². The van der Waals surface area contributed by atoms with Crippen LogP contribution in [-0.4, -0.2) is 83.6 Å². The van der Waals surface area contributed by atoms with Crippen LogP contribution < -0.4 is 25.2 Å². The molecule has 0 unspecified atom stereocenters. The van der Waals surface area contributed by atoms with Gasteiger partial charge in [0, 0.05) is 49.9 Å². The number of rotatable bonds is 8. The van der Waals surface area contributed by atoms with Gasteiger partial charge in [-0.25, -0.2) is 14.8 Å². The van der Waals surface area contributed by atoms with Gasteiger partial charge in [-0.2, -0.15) is 5.26 Å². The minimum absolute atomic E-state index is 0.0999. The van der Waals surface area contributed by atoms with E-state index in [-0.39, 0.29) is 42.2 Å². The lowest BCUT2D eigenvalue weighted by Crippen LogP contribution is -2.58. The molecule has 0 aliphatic carbocycles. The largest absolute Gasteiger partial charge is 0.477 e. The second kappa shape index (κ2) is 12.6. The van der Waals surface area contributed by atoms with Gasteiger partial charge in [0.05, 0.1) is 46.9 Å². The summed E-state index contributed by atoms with van der Waals surface area (Å²) in [6.07, 6.45) is 2.55. The van der Waals surface area contributed by atoms with E-state index in [2.05, 4.69) is 26.6 Å². The number of pyridine rings is 2. The van der Waals surface area contributed by atoms with Gasteiger partial charge in [0.2, 0.25) is 11.8 Å². The molecule has 0 saturated carbocycles. The van der Waals surface area contributed by atoms with Gasteiger partial charge in [0.25, 0.3) is 5.91 Å². The SMILES string of the molecule is CCOc1ncccc1-c1ccc(N2C[C@H]3CN(c4ccc(Cl)cc4C#N)C(=O)N3C[C@H]2CC)c(C(=O)N[C@H]2CNC(=O)C2)n1. The Hall–Kier alpha value is -4.89. The molecule has 4 amide bonds. The molecular weight excluding hydrogens is 596 g/mol. The maximum absolute atomic E-state index is 13.9. The lowest BCUT2D eigenvalue weighted by Gasteiger charge is -2.44. The average Bonchev–Trinajstić information content (AvgIpc) is 3.61. The highest BCUT2D eigenvalue weighted by atomic mass is 35.5. The summed E-state index contributed by atoms with van der Waals surface area (Å²) in [6.45, 7) is 5.96. The Labute approximate surface area is 265 Å². The van der Waals surface area contributed by atoms with E-state index in [1.54, 1.807) is 35.4 Å². The lowest BCUT2D eigenvalue weighted by molar-refractivity contribution is -0.119. The third-order valence-electron chi connectivity index (χ3n) is 8.45. The molecule has 3 aromatic rings. The molecule has 232 valence electrons. The van der Waals surface area contributed by atoms with Gasteiger partial charge in [-0.05, 0) is 55.8 Å². The van der Waals surface area contributed by atoms with Gasteiger partial charge < -0.3 is 25.2 Å². The van der Waals surface area contributed by atoms with E-state index in [4.69, 9.17) is 21.3 Å². The number of amides is 4. The van der Waals surface area contributed by atoms with Crippen molar-refractivity contribution in [3.05, 3.63) is 64.9 Å². The van der Waals surface area contributed by atoms with Crippen molar-refractivity contribution in [2.75, 3.05) is 42.6 Å². The van der Waals surface area contributed by atoms with E-state index in [0.717, 1.165) is 0 Å². The van der Waals surface area contributed by atoms with Crippen LogP contribution in [0.5, 0.6) is 5.88 Å². The molecule has 3 atom stereocenters. The Balaban J connectivity index is 1.36. The maximum atomic E-state index is 13.9. The number of urea groups is 1. The molecule has 1 aromatic carbocycles. The Kier molecular flexibility index (Phi) is 8.45. The van der Waals surface area contributed by atoms with Crippen molar-refractivity contribution in [1.82, 2.24) is 25.5 Å². The Bertz CT molecular complexity index is 1690. The van der Waals surface area contributed by atoms with Crippen LogP contribution in [-0.2, 0) is 4.79 Å². The van der Waals surface area contributed by atoms with Crippen LogP contribution in [0.1, 0.15) is 42.7 Å². The van der Waals surface area contributed by atoms with Crippen LogP contribution in [0.25, 0.3) is 11.3 Å². The third kappa shape index (κ3) is 5.83. The molecule has 3 saturated heterocycles. The van der Waals surface area contributed by atoms with Crippen molar-refractivity contribution >= 4 is 40.8 Å². The van der Waals surface area contributed by atoms with E-state index < -0.39 is 5.91 Å². The molecule has 6 rings (SSSR count). The van der Waals surface area contributed by atoms with Gasteiger partial charge in [0.1, 0.15) is 6.07 Å². The Morgan fingerprint density at radius 2 is 1.96 bits per heavy atom. The van der Waals surface area contributed by atoms with Gasteiger partial charge >= 0.3 is 6.03 Å². The number of carbonyl (C=O) groups is 3. The number of anilines is 2. The molecule has 2 aromatic heterocycles. The average molecular weight is 629 g/mol. The molecule has 45 heavy (non-hydrogen) atoms. The Morgan fingerprint density at radius 1 is 1.13 bits per heavy atom. The molecule has 13 heteroatoms. The molecule has 0 spiro atoms. The highest BCUT2D eigenvalue weighted by Gasteiger charge is 2.45. The van der Waals surface area contributed by atoms with E-state index in [9.17, 15) is 19.6 Å². The van der Waals surface area contributed by atoms with Crippen LogP contribution in [0.2, 0.25) is 5.02 Å². The van der Waals surface area contributed by atoms with Crippen molar-refractivity contribution in [3.63, 3.8) is 0 Å². The number of hydrogen-bond donors (Lipinski definition) is 2. The Morgan fingerprint density at radius 3 is 2.69 bits per heavy atom. The zero-order valence-electron chi connectivity index (χ0n) is 25.0. The summed E-state index contributed by atoms with van der Waals surface area (Å²) in [5, 5.41) is 15.9. The predicted molar refractivity (Wildman–Crippen MR) is 168 cm³/mol. The van der Waals surface area contributed by atoms with Crippen molar-refractivity contribution in [3.8, 4) is 23.2 Å². The normalized spacial score (nSPS) is 20.9. The fraction of sp³-hybridized carbons (Fsp3) is 0.375. The standard InChI is InChI=1S/C32H33ClN8O4/c1-3-22-16-40-23(18-41(32(40)44)26-9-7-20(33)12-19(26)14-34)17-39(22)27-10-8-25(24-6-5-11-35-31(24)45-4-2)38-29(27)30(43)37-21-13-28(42)36-15-21/h5-12,21-23H,3-4,13,15-18H2,1-2H3,(H,36,42)(H,37,43)/t21-,22-,23+/m1/s1. The van der Waals surface area contributed by atoms with Crippen molar-refractivity contribution in [2.45, 2.75) is 44.8 Å². The first-order valence-electron chi connectivity index (χ1n) is 15.0. The quantitative estimate of drug-likeness (QED) is 0.385. The first-order chi connectivity index (χ1) is 21.8. The molecule has 0 radical (unpaired) electrons. The van der Waals surface area contributed by atoms with Gasteiger partial charge in [-0.15, -0.1) is 0 Å². The fourth-order valence-electron chi connectivity index (χ4n) is 6.26. The number of nitrogens with one attached hydrogen (secondary N) is 2. The summed E-state index contributed by atoms with van der Waals surface area (Å²) in [5.74, 6) is -0.0889. The molecule has 3 fully saturated rings. The first-order valence-corrected chi connectivity index (χ1v) is 15.4. The van der Waals surface area contributed by atoms with Crippen LogP contribution in [0.4, 0.5) is 16.2 Å². The van der Waals surface area contributed by atoms with E-state index >= 15 is 0 Å². The number of benzene rings is 1. The van der Waals surface area contributed by atoms with Gasteiger partial charge in [-0.3, -0.25) is 14.5 Å². The molecule has 12 nitrogen and oxygen atoms in total. The number of aromatic nitrogens is 2. The molecule has 3 aliphatic rings. The highest BCUT2D eigenvalue weighted by Crippen LogP contribution is 2.36. The second-order valence-electron chi connectivity index (χ2n) is 11.2. The monoisotopic (exact) mass is 628 g/mol. The molecular formula is C32H33ClN8O4. The topological polar surface area (TPSA) is 144 Å². The van der Waals surface area contributed by atoms with Crippen LogP contribution in [0.15, 0.2) is 48.7 Å². The third-order valence-corrected chi connectivity index (χ3v) is 8.68. The van der Waals surface area contributed by atoms with Crippen LogP contribution >= 0.6 is 11.6 Å². The van der Waals surface area contributed by atoms with Gasteiger partial charge in [0.15, 0.2) is 5.69 Å². The number of fused-ring (bicyclic) bond motifs is 1. The smallest absolute Gasteiger partial charge is 0.325 e. The molecule has 0 bridgehead atoms. The zero-order valence-corrected chi connectivity index (χ0v) is 25.8. The molecule has 2 N–H and O–H groups in total. The van der Waals surface area contributed by atoms with E-state index in [1.807, 2.05) is 36.9 Å². The fourth-order valence-corrected chi connectivity index (χ4v) is 6.43. The van der Waals surface area contributed by atoms with Crippen molar-refractivity contribution in [2.24, 2.45) is 0 Å². The molecule has 5 heterocycles. The maximum Gasteiger partial charge on any atom is 0.325 e. The minimum atomic E-state index is -0.392. The zero-order chi connectivity index (χ0) is 31.7. The number of piperazine rings is 1. The number of nitriles is 1. The number of carbonyl (C=O) groups excluding carboxylic acids is 3. The summed E-state index contributed by atoms with van der Waals surface area (Å²) in [5.41, 5.74) is 2.89. The number of halogens is 1. The highest BCUT2D eigenvalue weighted by molar-refractivity contribution is 6.30. The summed E-state index contributed by atoms with van der Waals surface area (Å²) < 4.78 is 5.74. The van der Waals surface area contributed by atoms with Crippen molar-refractivity contribution in [1.29, 1.82) is 5.26 Å². The number of nitrogens with zero attached hydrogens (tertiary/aromatic N) is 6. The minimum Gasteiger partial charge on any atom is -0.477 e.